The summed E-state index contributed by atoms with van der Waals surface area (Å²) in [5, 5.41) is 3.51. The smallest absolute Gasteiger partial charge is 0.343 e. The predicted octanol–water partition coefficient (Wildman–Crippen LogP) is 0.342. The molecule has 0 bridgehead atoms. The SMILES string of the molecule is COc1ccc(C=NN)cc1OC1CCCC1.NNC(=O)NN. The van der Waals surface area contributed by atoms with Crippen LogP contribution in [0.3, 0.4) is 0 Å². The van der Waals surface area contributed by atoms with Crippen molar-refractivity contribution in [1.82, 2.24) is 10.9 Å². The Morgan fingerprint density at radius 2 is 1.91 bits per heavy atom. The van der Waals surface area contributed by atoms with Gasteiger partial charge in [-0.05, 0) is 49.4 Å². The first-order valence-corrected chi connectivity index (χ1v) is 7.19. The van der Waals surface area contributed by atoms with Gasteiger partial charge in [0.05, 0.1) is 19.4 Å². The summed E-state index contributed by atoms with van der Waals surface area (Å²) in [7, 11) is 1.65. The van der Waals surface area contributed by atoms with Crippen molar-refractivity contribution in [3.8, 4) is 11.5 Å². The highest BCUT2D eigenvalue weighted by atomic mass is 16.5. The molecule has 8 N–H and O–H groups in total. The second-order valence-corrected chi connectivity index (χ2v) is 4.83. The van der Waals surface area contributed by atoms with E-state index >= 15 is 0 Å². The van der Waals surface area contributed by atoms with Gasteiger partial charge in [0.15, 0.2) is 11.5 Å². The van der Waals surface area contributed by atoms with E-state index in [1.807, 2.05) is 18.2 Å². The highest BCUT2D eigenvalue weighted by Crippen LogP contribution is 2.32. The normalized spacial score (nSPS) is 14.0. The van der Waals surface area contributed by atoms with E-state index in [2.05, 4.69) is 16.8 Å². The molecule has 9 nitrogen and oxygen atoms in total. The van der Waals surface area contributed by atoms with Crippen molar-refractivity contribution in [3.05, 3.63) is 23.8 Å². The van der Waals surface area contributed by atoms with Gasteiger partial charge in [-0.1, -0.05) is 0 Å². The number of hydrogen-bond acceptors (Lipinski definition) is 7. The first-order valence-electron chi connectivity index (χ1n) is 7.19. The van der Waals surface area contributed by atoms with E-state index in [1.54, 1.807) is 24.2 Å². The summed E-state index contributed by atoms with van der Waals surface area (Å²) >= 11 is 0. The van der Waals surface area contributed by atoms with Gasteiger partial charge in [0.2, 0.25) is 0 Å². The predicted molar refractivity (Wildman–Crippen MR) is 87.7 cm³/mol. The van der Waals surface area contributed by atoms with E-state index in [-0.39, 0.29) is 0 Å². The Hall–Kier alpha value is -2.52. The van der Waals surface area contributed by atoms with Crippen molar-refractivity contribution < 1.29 is 14.3 Å². The third-order valence-corrected chi connectivity index (χ3v) is 3.27. The second kappa shape index (κ2) is 10.2. The van der Waals surface area contributed by atoms with Crippen molar-refractivity contribution in [2.75, 3.05) is 7.11 Å². The molecule has 0 aliphatic heterocycles. The lowest BCUT2D eigenvalue weighted by Crippen LogP contribution is -2.43. The molecule has 1 aliphatic rings. The number of hydrazine groups is 2. The van der Waals surface area contributed by atoms with Crippen molar-refractivity contribution in [2.24, 2.45) is 22.6 Å². The average molecular weight is 324 g/mol. The Balaban J connectivity index is 0.000000379. The minimum Gasteiger partial charge on any atom is -0.493 e. The fourth-order valence-electron chi connectivity index (χ4n) is 2.18. The topological polar surface area (TPSA) is 150 Å². The standard InChI is InChI=1S/C13H18N2O2.CH6N4O/c1-16-12-7-6-10(9-15-14)8-13(12)17-11-4-2-3-5-11;2-4-1(6)5-3/h6-9,11H,2-5,14H2,1H3;2-3H2,(H2,4,5,6). The van der Waals surface area contributed by atoms with Crippen LogP contribution in [0.25, 0.3) is 0 Å². The monoisotopic (exact) mass is 324 g/mol. The summed E-state index contributed by atoms with van der Waals surface area (Å²) in [5.74, 6) is 15.8. The molecule has 0 aromatic heterocycles. The van der Waals surface area contributed by atoms with Gasteiger partial charge in [-0.25, -0.2) is 16.5 Å². The molecular weight excluding hydrogens is 300 g/mol. The zero-order valence-corrected chi connectivity index (χ0v) is 13.1. The van der Waals surface area contributed by atoms with E-state index in [0.717, 1.165) is 29.9 Å². The molecule has 0 atom stereocenters. The Kier molecular flexibility index (Phi) is 8.25. The van der Waals surface area contributed by atoms with Gasteiger partial charge in [-0.15, -0.1) is 0 Å². The number of ether oxygens (including phenoxy) is 2. The maximum absolute atomic E-state index is 9.71. The molecule has 0 unspecified atom stereocenters. The van der Waals surface area contributed by atoms with Crippen LogP contribution in [-0.2, 0) is 0 Å². The first kappa shape index (κ1) is 18.5. The molecule has 1 fully saturated rings. The van der Waals surface area contributed by atoms with Gasteiger partial charge in [0, 0.05) is 0 Å². The van der Waals surface area contributed by atoms with Crippen LogP contribution in [0, 0.1) is 0 Å². The number of amides is 2. The van der Waals surface area contributed by atoms with E-state index < -0.39 is 6.03 Å². The minimum absolute atomic E-state index is 0.314. The lowest BCUT2D eigenvalue weighted by molar-refractivity contribution is 0.201. The van der Waals surface area contributed by atoms with E-state index in [0.29, 0.717) is 6.10 Å². The van der Waals surface area contributed by atoms with Gasteiger partial charge >= 0.3 is 6.03 Å². The molecule has 0 saturated heterocycles. The van der Waals surface area contributed by atoms with Gasteiger partial charge < -0.3 is 15.3 Å². The summed E-state index contributed by atoms with van der Waals surface area (Å²) in [6, 6.07) is 5.08. The van der Waals surface area contributed by atoms with Crippen molar-refractivity contribution >= 4 is 12.2 Å². The fraction of sp³-hybridized carbons (Fsp3) is 0.429. The van der Waals surface area contributed by atoms with Crippen LogP contribution in [0.5, 0.6) is 11.5 Å². The number of methoxy groups -OCH3 is 1. The highest BCUT2D eigenvalue weighted by molar-refractivity contribution is 5.80. The van der Waals surface area contributed by atoms with E-state index in [4.69, 9.17) is 15.3 Å². The molecule has 0 radical (unpaired) electrons. The van der Waals surface area contributed by atoms with Crippen LogP contribution in [0.15, 0.2) is 23.3 Å². The lowest BCUT2D eigenvalue weighted by atomic mass is 10.2. The molecule has 9 heteroatoms. The molecule has 23 heavy (non-hydrogen) atoms. The third kappa shape index (κ3) is 6.41. The van der Waals surface area contributed by atoms with Crippen LogP contribution in [0.1, 0.15) is 31.2 Å². The number of nitrogens with one attached hydrogen (secondary N) is 2. The van der Waals surface area contributed by atoms with Gasteiger partial charge in [0.1, 0.15) is 0 Å². The maximum atomic E-state index is 9.71. The molecule has 1 saturated carbocycles. The van der Waals surface area contributed by atoms with Gasteiger partial charge in [-0.2, -0.15) is 5.10 Å². The second-order valence-electron chi connectivity index (χ2n) is 4.83. The molecule has 0 spiro atoms. The Bertz CT molecular complexity index is 511. The summed E-state index contributed by atoms with van der Waals surface area (Å²) in [6.45, 7) is 0. The number of carbonyl (C=O) groups excluding carboxylic acids is 1. The summed E-state index contributed by atoms with van der Waals surface area (Å²) < 4.78 is 11.2. The number of hydrazone groups is 1. The summed E-state index contributed by atoms with van der Waals surface area (Å²) in [5.41, 5.74) is 4.40. The number of rotatable bonds is 4. The summed E-state index contributed by atoms with van der Waals surface area (Å²) in [6.07, 6.45) is 6.65. The zero-order chi connectivity index (χ0) is 17.1. The van der Waals surface area contributed by atoms with E-state index in [1.165, 1.54) is 12.8 Å². The van der Waals surface area contributed by atoms with E-state index in [9.17, 15) is 4.79 Å². The van der Waals surface area contributed by atoms with Gasteiger partial charge in [-0.3, -0.25) is 10.9 Å². The van der Waals surface area contributed by atoms with Crippen LogP contribution in [-0.4, -0.2) is 25.5 Å². The maximum Gasteiger partial charge on any atom is 0.343 e. The van der Waals surface area contributed by atoms with Crippen LogP contribution in [0.4, 0.5) is 4.79 Å². The molecule has 1 aromatic rings. The van der Waals surface area contributed by atoms with Crippen LogP contribution >= 0.6 is 0 Å². The Morgan fingerprint density at radius 3 is 2.39 bits per heavy atom. The molecule has 2 rings (SSSR count). The van der Waals surface area contributed by atoms with Crippen molar-refractivity contribution in [3.63, 3.8) is 0 Å². The molecule has 1 aromatic carbocycles. The molecule has 2 amide bonds. The number of carbonyl (C=O) groups is 1. The fourth-order valence-corrected chi connectivity index (χ4v) is 2.18. The Labute approximate surface area is 135 Å². The number of nitrogens with zero attached hydrogens (tertiary/aromatic N) is 1. The van der Waals surface area contributed by atoms with Crippen LogP contribution < -0.4 is 37.9 Å². The lowest BCUT2D eigenvalue weighted by Gasteiger charge is -2.16. The Morgan fingerprint density at radius 1 is 1.26 bits per heavy atom. The van der Waals surface area contributed by atoms with Gasteiger partial charge in [0.25, 0.3) is 0 Å². The largest absolute Gasteiger partial charge is 0.493 e. The third-order valence-electron chi connectivity index (χ3n) is 3.27. The van der Waals surface area contributed by atoms with Crippen molar-refractivity contribution in [2.45, 2.75) is 31.8 Å². The number of benzene rings is 1. The first-order chi connectivity index (χ1) is 11.1. The number of nitrogens with two attached hydrogens (primary N) is 3. The highest BCUT2D eigenvalue weighted by Gasteiger charge is 2.18. The summed E-state index contributed by atoms with van der Waals surface area (Å²) in [4.78, 5) is 9.71. The molecule has 1 aliphatic carbocycles. The van der Waals surface area contributed by atoms with Crippen LogP contribution in [0.2, 0.25) is 0 Å². The molecule has 0 heterocycles. The number of urea groups is 1. The zero-order valence-electron chi connectivity index (χ0n) is 13.1. The quantitative estimate of drug-likeness (QED) is 0.233. The minimum atomic E-state index is -0.602. The average Bonchev–Trinajstić information content (AvgIpc) is 3.08. The molecule has 128 valence electrons. The van der Waals surface area contributed by atoms with Crippen molar-refractivity contribution in [1.29, 1.82) is 0 Å². The number of hydrogen-bond donors (Lipinski definition) is 5. The molecular formula is C14H24N6O3.